The fourth-order valence-corrected chi connectivity index (χ4v) is 1.58. The Morgan fingerprint density at radius 1 is 1.35 bits per heavy atom. The van der Waals surface area contributed by atoms with Crippen LogP contribution < -0.4 is 10.6 Å². The van der Waals surface area contributed by atoms with E-state index < -0.39 is 0 Å². The first-order valence-corrected chi connectivity index (χ1v) is 6.30. The standard InChI is InChI=1S/C14H20N2O/c1-10(2)14(17)16-13-5-3-4-12(8-13)15-9-11-6-7-11/h3-5,8,10-11,15H,6-7,9H2,1-2H3,(H,16,17). The van der Waals surface area contributed by atoms with Crippen LogP contribution in [0.5, 0.6) is 0 Å². The van der Waals surface area contributed by atoms with E-state index in [1.165, 1.54) is 12.8 Å². The molecule has 3 nitrogen and oxygen atoms in total. The maximum atomic E-state index is 11.6. The monoisotopic (exact) mass is 232 g/mol. The van der Waals surface area contributed by atoms with Crippen molar-refractivity contribution in [3.63, 3.8) is 0 Å². The zero-order chi connectivity index (χ0) is 12.3. The minimum absolute atomic E-state index is 0.0121. The molecule has 92 valence electrons. The highest BCUT2D eigenvalue weighted by Crippen LogP contribution is 2.29. The second-order valence-corrected chi connectivity index (χ2v) is 5.05. The van der Waals surface area contributed by atoms with Gasteiger partial charge in [0.25, 0.3) is 0 Å². The van der Waals surface area contributed by atoms with Gasteiger partial charge in [-0.05, 0) is 37.0 Å². The van der Waals surface area contributed by atoms with Crippen molar-refractivity contribution in [3.05, 3.63) is 24.3 Å². The third kappa shape index (κ3) is 3.77. The van der Waals surface area contributed by atoms with Crippen molar-refractivity contribution in [1.82, 2.24) is 0 Å². The molecule has 1 saturated carbocycles. The molecule has 0 spiro atoms. The van der Waals surface area contributed by atoms with Crippen LogP contribution in [0.4, 0.5) is 11.4 Å². The van der Waals surface area contributed by atoms with E-state index in [2.05, 4.69) is 10.6 Å². The first-order valence-electron chi connectivity index (χ1n) is 6.30. The topological polar surface area (TPSA) is 41.1 Å². The summed E-state index contributed by atoms with van der Waals surface area (Å²) in [5.41, 5.74) is 1.95. The second kappa shape index (κ2) is 5.21. The number of amides is 1. The number of carbonyl (C=O) groups is 1. The molecule has 1 aromatic carbocycles. The molecule has 0 aromatic heterocycles. The lowest BCUT2D eigenvalue weighted by Gasteiger charge is -2.10. The van der Waals surface area contributed by atoms with Gasteiger partial charge in [-0.25, -0.2) is 0 Å². The van der Waals surface area contributed by atoms with Crippen LogP contribution in [0.3, 0.4) is 0 Å². The zero-order valence-electron chi connectivity index (χ0n) is 10.5. The Balaban J connectivity index is 1.92. The summed E-state index contributed by atoms with van der Waals surface area (Å²) in [6.07, 6.45) is 2.69. The van der Waals surface area contributed by atoms with Crippen molar-refractivity contribution in [2.75, 3.05) is 17.2 Å². The van der Waals surface area contributed by atoms with Gasteiger partial charge in [-0.1, -0.05) is 19.9 Å². The van der Waals surface area contributed by atoms with Gasteiger partial charge in [0.2, 0.25) is 5.91 Å². The van der Waals surface area contributed by atoms with Gasteiger partial charge in [0.1, 0.15) is 0 Å². The SMILES string of the molecule is CC(C)C(=O)Nc1cccc(NCC2CC2)c1. The first kappa shape index (κ1) is 12.0. The smallest absolute Gasteiger partial charge is 0.226 e. The largest absolute Gasteiger partial charge is 0.385 e. The lowest BCUT2D eigenvalue weighted by Crippen LogP contribution is -2.17. The summed E-state index contributed by atoms with van der Waals surface area (Å²) in [5, 5.41) is 6.30. The molecule has 0 saturated heterocycles. The lowest BCUT2D eigenvalue weighted by molar-refractivity contribution is -0.118. The van der Waals surface area contributed by atoms with Gasteiger partial charge in [0, 0.05) is 23.8 Å². The lowest BCUT2D eigenvalue weighted by atomic mass is 10.2. The van der Waals surface area contributed by atoms with E-state index in [-0.39, 0.29) is 11.8 Å². The molecule has 1 aliphatic carbocycles. The Labute approximate surface area is 103 Å². The molecular weight excluding hydrogens is 212 g/mol. The molecule has 0 bridgehead atoms. The number of rotatable bonds is 5. The molecule has 0 unspecified atom stereocenters. The Morgan fingerprint density at radius 3 is 2.71 bits per heavy atom. The van der Waals surface area contributed by atoms with Crippen molar-refractivity contribution in [2.45, 2.75) is 26.7 Å². The fourth-order valence-electron chi connectivity index (χ4n) is 1.58. The predicted octanol–water partition coefficient (Wildman–Crippen LogP) is 3.10. The fraction of sp³-hybridized carbons (Fsp3) is 0.500. The van der Waals surface area contributed by atoms with Gasteiger partial charge in [-0.15, -0.1) is 0 Å². The Hall–Kier alpha value is -1.51. The third-order valence-electron chi connectivity index (χ3n) is 2.95. The molecule has 0 aliphatic heterocycles. The van der Waals surface area contributed by atoms with Crippen molar-refractivity contribution in [2.24, 2.45) is 11.8 Å². The van der Waals surface area contributed by atoms with Crippen LogP contribution in [0.1, 0.15) is 26.7 Å². The van der Waals surface area contributed by atoms with Gasteiger partial charge >= 0.3 is 0 Å². The van der Waals surface area contributed by atoms with Crippen LogP contribution in [0.2, 0.25) is 0 Å². The van der Waals surface area contributed by atoms with E-state index in [0.717, 1.165) is 23.8 Å². The summed E-state index contributed by atoms with van der Waals surface area (Å²) < 4.78 is 0. The zero-order valence-corrected chi connectivity index (χ0v) is 10.5. The van der Waals surface area contributed by atoms with E-state index in [0.29, 0.717) is 0 Å². The number of carbonyl (C=O) groups excluding carboxylic acids is 1. The summed E-state index contributed by atoms with van der Waals surface area (Å²) in [5.74, 6) is 0.923. The summed E-state index contributed by atoms with van der Waals surface area (Å²) in [6, 6.07) is 7.91. The molecule has 2 rings (SSSR count). The van der Waals surface area contributed by atoms with Crippen molar-refractivity contribution in [3.8, 4) is 0 Å². The number of nitrogens with one attached hydrogen (secondary N) is 2. The molecule has 0 radical (unpaired) electrons. The second-order valence-electron chi connectivity index (χ2n) is 5.05. The minimum atomic E-state index is 0.0121. The van der Waals surface area contributed by atoms with Crippen LogP contribution in [0.25, 0.3) is 0 Å². The van der Waals surface area contributed by atoms with E-state index in [9.17, 15) is 4.79 Å². The summed E-state index contributed by atoms with van der Waals surface area (Å²) in [7, 11) is 0. The van der Waals surface area contributed by atoms with Crippen molar-refractivity contribution in [1.29, 1.82) is 0 Å². The van der Waals surface area contributed by atoms with Crippen molar-refractivity contribution < 1.29 is 4.79 Å². The van der Waals surface area contributed by atoms with Gasteiger partial charge in [0.15, 0.2) is 0 Å². The molecule has 1 aliphatic rings. The van der Waals surface area contributed by atoms with Gasteiger partial charge in [0.05, 0.1) is 0 Å². The molecule has 1 aromatic rings. The minimum Gasteiger partial charge on any atom is -0.385 e. The normalized spacial score (nSPS) is 14.8. The molecular formula is C14H20N2O. The predicted molar refractivity (Wildman–Crippen MR) is 71.1 cm³/mol. The first-order chi connectivity index (χ1) is 8.15. The summed E-state index contributed by atoms with van der Waals surface area (Å²) in [6.45, 7) is 4.83. The quantitative estimate of drug-likeness (QED) is 0.819. The summed E-state index contributed by atoms with van der Waals surface area (Å²) in [4.78, 5) is 11.6. The van der Waals surface area contributed by atoms with Crippen LogP contribution in [-0.4, -0.2) is 12.5 Å². The average Bonchev–Trinajstić information content (AvgIpc) is 3.10. The molecule has 1 amide bonds. The molecule has 3 heteroatoms. The van der Waals surface area contributed by atoms with Gasteiger partial charge < -0.3 is 10.6 Å². The Bertz CT molecular complexity index is 397. The number of benzene rings is 1. The van der Waals surface area contributed by atoms with Crippen LogP contribution in [0, 0.1) is 11.8 Å². The average molecular weight is 232 g/mol. The highest BCUT2D eigenvalue weighted by molar-refractivity contribution is 5.92. The van der Waals surface area contributed by atoms with E-state index in [4.69, 9.17) is 0 Å². The Kier molecular flexibility index (Phi) is 3.67. The van der Waals surface area contributed by atoms with Crippen LogP contribution in [0.15, 0.2) is 24.3 Å². The number of hydrogen-bond acceptors (Lipinski definition) is 2. The number of hydrogen-bond donors (Lipinski definition) is 2. The molecule has 0 atom stereocenters. The van der Waals surface area contributed by atoms with E-state index in [1.807, 2.05) is 38.1 Å². The maximum Gasteiger partial charge on any atom is 0.226 e. The van der Waals surface area contributed by atoms with E-state index >= 15 is 0 Å². The van der Waals surface area contributed by atoms with E-state index in [1.54, 1.807) is 0 Å². The molecule has 17 heavy (non-hydrogen) atoms. The van der Waals surface area contributed by atoms with Crippen LogP contribution >= 0.6 is 0 Å². The maximum absolute atomic E-state index is 11.6. The van der Waals surface area contributed by atoms with Gasteiger partial charge in [-0.3, -0.25) is 4.79 Å². The highest BCUT2D eigenvalue weighted by Gasteiger charge is 2.20. The molecule has 1 fully saturated rings. The summed E-state index contributed by atoms with van der Waals surface area (Å²) >= 11 is 0. The molecule has 0 heterocycles. The number of anilines is 2. The third-order valence-corrected chi connectivity index (χ3v) is 2.95. The van der Waals surface area contributed by atoms with Crippen LogP contribution in [-0.2, 0) is 4.79 Å². The highest BCUT2D eigenvalue weighted by atomic mass is 16.1. The van der Waals surface area contributed by atoms with Crippen molar-refractivity contribution >= 4 is 17.3 Å². The molecule has 2 N–H and O–H groups in total. The van der Waals surface area contributed by atoms with Gasteiger partial charge in [-0.2, -0.15) is 0 Å². The Morgan fingerprint density at radius 2 is 2.06 bits per heavy atom.